The van der Waals surface area contributed by atoms with Gasteiger partial charge in [0.1, 0.15) is 5.75 Å². The lowest BCUT2D eigenvalue weighted by atomic mass is 10.1. The highest BCUT2D eigenvalue weighted by Gasteiger charge is 2.35. The molecular formula is C18H19F3N2O3. The van der Waals surface area contributed by atoms with E-state index in [1.807, 2.05) is 0 Å². The second-order valence-electron chi connectivity index (χ2n) is 6.51. The van der Waals surface area contributed by atoms with Crippen molar-refractivity contribution in [1.82, 2.24) is 10.3 Å². The van der Waals surface area contributed by atoms with Crippen LogP contribution < -0.4 is 10.1 Å². The van der Waals surface area contributed by atoms with Gasteiger partial charge >= 0.3 is 6.18 Å². The second-order valence-corrected chi connectivity index (χ2v) is 6.51. The summed E-state index contributed by atoms with van der Waals surface area (Å²) in [4.78, 5) is 16.3. The normalized spacial score (nSPS) is 14.5. The molecule has 0 radical (unpaired) electrons. The molecule has 0 aliphatic heterocycles. The van der Waals surface area contributed by atoms with Crippen LogP contribution in [-0.4, -0.2) is 17.0 Å². The summed E-state index contributed by atoms with van der Waals surface area (Å²) in [6.07, 6.45) is -1.75. The summed E-state index contributed by atoms with van der Waals surface area (Å²) in [5, 5.41) is 2.48. The lowest BCUT2D eigenvalue weighted by Crippen LogP contribution is -2.25. The van der Waals surface area contributed by atoms with Crippen LogP contribution in [0.25, 0.3) is 0 Å². The first-order valence-electron chi connectivity index (χ1n) is 8.34. The highest BCUT2D eigenvalue weighted by Crippen LogP contribution is 2.40. The number of hydrogen-bond acceptors (Lipinski definition) is 4. The average molecular weight is 368 g/mol. The Bertz CT molecular complexity index is 795. The molecule has 2 aromatic rings. The number of aromatic nitrogens is 1. The Kier molecular flexibility index (Phi) is 4.93. The fraction of sp³-hybridized carbons (Fsp3) is 0.444. The topological polar surface area (TPSA) is 64.4 Å². The minimum absolute atomic E-state index is 0.0468. The zero-order valence-electron chi connectivity index (χ0n) is 14.4. The van der Waals surface area contributed by atoms with Gasteiger partial charge in [0.25, 0.3) is 5.91 Å². The Labute approximate surface area is 148 Å². The molecule has 0 atom stereocenters. The molecule has 0 bridgehead atoms. The summed E-state index contributed by atoms with van der Waals surface area (Å²) in [7, 11) is 0. The Morgan fingerprint density at radius 3 is 2.73 bits per heavy atom. The molecule has 0 saturated heterocycles. The van der Waals surface area contributed by atoms with E-state index in [0.717, 1.165) is 18.9 Å². The van der Waals surface area contributed by atoms with Gasteiger partial charge in [-0.25, -0.2) is 4.98 Å². The lowest BCUT2D eigenvalue weighted by molar-refractivity contribution is -0.138. The first-order chi connectivity index (χ1) is 12.3. The standard InChI is InChI=1S/C18H19F3N2O3/c1-10(2)26-13-6-5-12(14(7-13)18(19,20)21)8-22-17(24)16-15(11-3-4-11)23-9-25-16/h5-7,9-11H,3-4,8H2,1-2H3,(H,22,24). The number of nitrogens with zero attached hydrogens (tertiary/aromatic N) is 1. The van der Waals surface area contributed by atoms with Gasteiger partial charge in [0.15, 0.2) is 6.39 Å². The maximum atomic E-state index is 13.3. The molecule has 3 rings (SSSR count). The summed E-state index contributed by atoms with van der Waals surface area (Å²) < 4.78 is 50.5. The van der Waals surface area contributed by atoms with E-state index in [9.17, 15) is 18.0 Å². The molecule has 1 amide bonds. The predicted molar refractivity (Wildman–Crippen MR) is 86.9 cm³/mol. The summed E-state index contributed by atoms with van der Waals surface area (Å²) >= 11 is 0. The largest absolute Gasteiger partial charge is 0.491 e. The first-order valence-corrected chi connectivity index (χ1v) is 8.34. The minimum atomic E-state index is -4.55. The van der Waals surface area contributed by atoms with Crippen LogP contribution in [-0.2, 0) is 12.7 Å². The molecule has 8 heteroatoms. The number of nitrogens with one attached hydrogen (secondary N) is 1. The Balaban J connectivity index is 1.76. The van der Waals surface area contributed by atoms with Crippen LogP contribution in [0.4, 0.5) is 13.2 Å². The lowest BCUT2D eigenvalue weighted by Gasteiger charge is -2.16. The van der Waals surface area contributed by atoms with Gasteiger partial charge in [-0.15, -0.1) is 0 Å². The SMILES string of the molecule is CC(C)Oc1ccc(CNC(=O)c2ocnc2C2CC2)c(C(F)(F)F)c1. The third kappa shape index (κ3) is 4.17. The molecule has 5 nitrogen and oxygen atoms in total. The van der Waals surface area contributed by atoms with Crippen molar-refractivity contribution < 1.29 is 27.1 Å². The van der Waals surface area contributed by atoms with E-state index in [-0.39, 0.29) is 35.6 Å². The molecular weight excluding hydrogens is 349 g/mol. The van der Waals surface area contributed by atoms with E-state index in [4.69, 9.17) is 9.15 Å². The summed E-state index contributed by atoms with van der Waals surface area (Å²) in [5.41, 5.74) is -0.315. The van der Waals surface area contributed by atoms with Crippen LogP contribution in [0, 0.1) is 0 Å². The van der Waals surface area contributed by atoms with Crippen LogP contribution >= 0.6 is 0 Å². The number of rotatable bonds is 6. The number of alkyl halides is 3. The van der Waals surface area contributed by atoms with Gasteiger partial charge in [-0.3, -0.25) is 4.79 Å². The molecule has 1 aliphatic rings. The van der Waals surface area contributed by atoms with Crippen molar-refractivity contribution in [3.63, 3.8) is 0 Å². The highest BCUT2D eigenvalue weighted by molar-refractivity contribution is 5.92. The minimum Gasteiger partial charge on any atom is -0.491 e. The van der Waals surface area contributed by atoms with Crippen molar-refractivity contribution in [3.05, 3.63) is 47.2 Å². The van der Waals surface area contributed by atoms with Crippen molar-refractivity contribution in [3.8, 4) is 5.75 Å². The number of carbonyl (C=O) groups is 1. The van der Waals surface area contributed by atoms with Gasteiger partial charge < -0.3 is 14.5 Å². The van der Waals surface area contributed by atoms with E-state index >= 15 is 0 Å². The molecule has 1 N–H and O–H groups in total. The first kappa shape index (κ1) is 18.3. The van der Waals surface area contributed by atoms with Crippen molar-refractivity contribution in [2.24, 2.45) is 0 Å². The van der Waals surface area contributed by atoms with Gasteiger partial charge in [0, 0.05) is 12.5 Å². The number of halogens is 3. The summed E-state index contributed by atoms with van der Waals surface area (Å²) in [6.45, 7) is 3.19. The van der Waals surface area contributed by atoms with Crippen molar-refractivity contribution in [1.29, 1.82) is 0 Å². The molecule has 1 saturated carbocycles. The zero-order chi connectivity index (χ0) is 18.9. The maximum Gasteiger partial charge on any atom is 0.416 e. The highest BCUT2D eigenvalue weighted by atomic mass is 19.4. The summed E-state index contributed by atoms with van der Waals surface area (Å²) in [5.74, 6) is -0.165. The molecule has 1 aromatic heterocycles. The van der Waals surface area contributed by atoms with Crippen LogP contribution in [0.2, 0.25) is 0 Å². The second kappa shape index (κ2) is 7.01. The molecule has 140 valence electrons. The Morgan fingerprint density at radius 1 is 1.38 bits per heavy atom. The van der Waals surface area contributed by atoms with Crippen molar-refractivity contribution in [2.75, 3.05) is 0 Å². The van der Waals surface area contributed by atoms with E-state index in [0.29, 0.717) is 5.69 Å². The van der Waals surface area contributed by atoms with Crippen molar-refractivity contribution in [2.45, 2.75) is 51.4 Å². The number of carbonyl (C=O) groups excluding carboxylic acids is 1. The predicted octanol–water partition coefficient (Wildman–Crippen LogP) is 4.29. The number of benzene rings is 1. The van der Waals surface area contributed by atoms with Gasteiger partial charge in [-0.05, 0) is 44.4 Å². The van der Waals surface area contributed by atoms with Gasteiger partial charge in [0.05, 0.1) is 17.4 Å². The number of hydrogen-bond donors (Lipinski definition) is 1. The molecule has 26 heavy (non-hydrogen) atoms. The fourth-order valence-electron chi connectivity index (χ4n) is 2.65. The van der Waals surface area contributed by atoms with Crippen molar-refractivity contribution >= 4 is 5.91 Å². The smallest absolute Gasteiger partial charge is 0.416 e. The number of ether oxygens (including phenoxy) is 1. The van der Waals surface area contributed by atoms with Gasteiger partial charge in [0.2, 0.25) is 5.76 Å². The van der Waals surface area contributed by atoms with Gasteiger partial charge in [-0.2, -0.15) is 13.2 Å². The quantitative estimate of drug-likeness (QED) is 0.826. The van der Waals surface area contributed by atoms with E-state index in [1.165, 1.54) is 18.5 Å². The molecule has 1 aromatic carbocycles. The molecule has 0 unspecified atom stereocenters. The van der Waals surface area contributed by atoms with E-state index < -0.39 is 17.6 Å². The van der Waals surface area contributed by atoms with Gasteiger partial charge in [-0.1, -0.05) is 6.07 Å². The number of oxazole rings is 1. The monoisotopic (exact) mass is 368 g/mol. The molecule has 1 aliphatic carbocycles. The Hall–Kier alpha value is -2.51. The average Bonchev–Trinajstić information content (AvgIpc) is 3.28. The van der Waals surface area contributed by atoms with Crippen LogP contribution in [0.15, 0.2) is 29.0 Å². The molecule has 0 spiro atoms. The van der Waals surface area contributed by atoms with Crippen LogP contribution in [0.3, 0.4) is 0 Å². The van der Waals surface area contributed by atoms with E-state index in [2.05, 4.69) is 10.3 Å². The molecule has 1 heterocycles. The third-order valence-corrected chi connectivity index (χ3v) is 3.96. The third-order valence-electron chi connectivity index (χ3n) is 3.96. The van der Waals surface area contributed by atoms with Crippen LogP contribution in [0.5, 0.6) is 5.75 Å². The zero-order valence-corrected chi connectivity index (χ0v) is 14.4. The fourth-order valence-corrected chi connectivity index (χ4v) is 2.65. The van der Waals surface area contributed by atoms with E-state index in [1.54, 1.807) is 13.8 Å². The summed E-state index contributed by atoms with van der Waals surface area (Å²) in [6, 6.07) is 3.72. The maximum absolute atomic E-state index is 13.3. The van der Waals surface area contributed by atoms with Crippen LogP contribution in [0.1, 0.15) is 60.0 Å². The molecule has 1 fully saturated rings. The Morgan fingerprint density at radius 2 is 2.12 bits per heavy atom. The number of amides is 1.